The summed E-state index contributed by atoms with van der Waals surface area (Å²) < 4.78 is 1.21. The van der Waals surface area contributed by atoms with E-state index in [2.05, 4.69) is 36.2 Å². The lowest BCUT2D eigenvalue weighted by molar-refractivity contribution is -0.131. The van der Waals surface area contributed by atoms with E-state index in [1.165, 1.54) is 4.70 Å². The van der Waals surface area contributed by atoms with Crippen LogP contribution in [0.3, 0.4) is 0 Å². The molecule has 112 valence electrons. The average Bonchev–Trinajstić information content (AvgIpc) is 2.76. The van der Waals surface area contributed by atoms with Crippen molar-refractivity contribution in [1.82, 2.24) is 10.2 Å². The standard InChI is InChI=1S/C16H19ClN2OS/c1-10(2)15-16(20)18-7-8-19(15)9-13-14(17)11-5-3-4-6-12(11)21-13/h3-6,10,15H,7-9H2,1-2H3,(H,18,20). The zero-order valence-electron chi connectivity index (χ0n) is 12.2. The molecule has 1 aliphatic heterocycles. The summed E-state index contributed by atoms with van der Waals surface area (Å²) in [6.07, 6.45) is 0. The van der Waals surface area contributed by atoms with Crippen molar-refractivity contribution in [2.45, 2.75) is 26.4 Å². The number of carbonyl (C=O) groups excluding carboxylic acids is 1. The van der Waals surface area contributed by atoms with Gasteiger partial charge in [-0.25, -0.2) is 0 Å². The summed E-state index contributed by atoms with van der Waals surface area (Å²) in [6, 6.07) is 8.12. The van der Waals surface area contributed by atoms with Crippen LogP contribution in [0, 0.1) is 5.92 Å². The van der Waals surface area contributed by atoms with Crippen LogP contribution in [0.15, 0.2) is 24.3 Å². The monoisotopic (exact) mass is 322 g/mol. The van der Waals surface area contributed by atoms with Crippen molar-refractivity contribution in [3.8, 4) is 0 Å². The van der Waals surface area contributed by atoms with Gasteiger partial charge in [-0.1, -0.05) is 43.6 Å². The molecule has 0 bridgehead atoms. The van der Waals surface area contributed by atoms with E-state index in [1.807, 2.05) is 12.1 Å². The number of rotatable bonds is 3. The van der Waals surface area contributed by atoms with Gasteiger partial charge >= 0.3 is 0 Å². The molecule has 0 saturated carbocycles. The van der Waals surface area contributed by atoms with E-state index < -0.39 is 0 Å². The number of piperazine rings is 1. The van der Waals surface area contributed by atoms with Gasteiger partial charge in [-0.05, 0) is 12.0 Å². The zero-order chi connectivity index (χ0) is 15.0. The van der Waals surface area contributed by atoms with Gasteiger partial charge in [0.1, 0.15) is 0 Å². The predicted molar refractivity (Wildman–Crippen MR) is 88.9 cm³/mol. The Morgan fingerprint density at radius 2 is 2.19 bits per heavy atom. The maximum atomic E-state index is 12.1. The summed E-state index contributed by atoms with van der Waals surface area (Å²) in [7, 11) is 0. The topological polar surface area (TPSA) is 32.3 Å². The SMILES string of the molecule is CC(C)C1C(=O)NCCN1Cc1sc2ccccc2c1Cl. The Morgan fingerprint density at radius 1 is 1.43 bits per heavy atom. The fraction of sp³-hybridized carbons (Fsp3) is 0.438. The Labute approximate surface area is 133 Å². The second kappa shape index (κ2) is 5.95. The average molecular weight is 323 g/mol. The zero-order valence-corrected chi connectivity index (χ0v) is 13.8. The molecule has 1 atom stereocenters. The third-order valence-electron chi connectivity index (χ3n) is 3.94. The van der Waals surface area contributed by atoms with Crippen molar-refractivity contribution >= 4 is 38.9 Å². The lowest BCUT2D eigenvalue weighted by atomic mass is 9.99. The number of hydrogen-bond donors (Lipinski definition) is 1. The second-order valence-corrected chi connectivity index (χ2v) is 7.30. The molecule has 1 aromatic carbocycles. The first-order chi connectivity index (χ1) is 10.1. The van der Waals surface area contributed by atoms with Crippen LogP contribution in [-0.2, 0) is 11.3 Å². The molecule has 3 rings (SSSR count). The van der Waals surface area contributed by atoms with E-state index in [-0.39, 0.29) is 11.9 Å². The molecular weight excluding hydrogens is 304 g/mol. The molecule has 2 heterocycles. The van der Waals surface area contributed by atoms with E-state index in [0.29, 0.717) is 12.5 Å². The molecule has 0 radical (unpaired) electrons. The van der Waals surface area contributed by atoms with Gasteiger partial charge in [0, 0.05) is 34.6 Å². The summed E-state index contributed by atoms with van der Waals surface area (Å²) in [5.74, 6) is 0.423. The van der Waals surface area contributed by atoms with Crippen molar-refractivity contribution in [3.05, 3.63) is 34.2 Å². The molecule has 1 amide bonds. The number of carbonyl (C=O) groups is 1. The minimum absolute atomic E-state index is 0.0694. The molecule has 1 N–H and O–H groups in total. The van der Waals surface area contributed by atoms with Crippen LogP contribution in [0.5, 0.6) is 0 Å². The van der Waals surface area contributed by atoms with Gasteiger partial charge < -0.3 is 5.32 Å². The number of nitrogens with zero attached hydrogens (tertiary/aromatic N) is 1. The number of hydrogen-bond acceptors (Lipinski definition) is 3. The van der Waals surface area contributed by atoms with Crippen molar-refractivity contribution in [1.29, 1.82) is 0 Å². The largest absolute Gasteiger partial charge is 0.353 e. The Kier molecular flexibility index (Phi) is 4.20. The second-order valence-electron chi connectivity index (χ2n) is 5.79. The first kappa shape index (κ1) is 14.8. The molecule has 1 saturated heterocycles. The van der Waals surface area contributed by atoms with Crippen LogP contribution in [0.25, 0.3) is 10.1 Å². The molecule has 1 unspecified atom stereocenters. The minimum Gasteiger partial charge on any atom is -0.353 e. The van der Waals surface area contributed by atoms with Crippen LogP contribution in [0.4, 0.5) is 0 Å². The predicted octanol–water partition coefficient (Wildman–Crippen LogP) is 3.51. The maximum absolute atomic E-state index is 12.1. The first-order valence-electron chi connectivity index (χ1n) is 7.25. The highest BCUT2D eigenvalue weighted by Crippen LogP contribution is 2.36. The smallest absolute Gasteiger partial charge is 0.237 e. The number of benzene rings is 1. The van der Waals surface area contributed by atoms with Gasteiger partial charge in [0.2, 0.25) is 5.91 Å². The van der Waals surface area contributed by atoms with Crippen molar-refractivity contribution < 1.29 is 4.79 Å². The summed E-state index contributed by atoms with van der Waals surface area (Å²) in [6.45, 7) is 6.52. The Morgan fingerprint density at radius 3 is 2.90 bits per heavy atom. The molecule has 5 heteroatoms. The summed E-state index contributed by atoms with van der Waals surface area (Å²) in [5, 5.41) is 4.91. The summed E-state index contributed by atoms with van der Waals surface area (Å²) in [4.78, 5) is 15.5. The normalized spacial score (nSPS) is 20.2. The van der Waals surface area contributed by atoms with Gasteiger partial charge in [0.15, 0.2) is 0 Å². The van der Waals surface area contributed by atoms with Crippen LogP contribution in [0.2, 0.25) is 5.02 Å². The van der Waals surface area contributed by atoms with E-state index in [9.17, 15) is 4.79 Å². The Hall–Kier alpha value is -1.10. The van der Waals surface area contributed by atoms with E-state index >= 15 is 0 Å². The van der Waals surface area contributed by atoms with E-state index in [0.717, 1.165) is 28.4 Å². The molecule has 2 aromatic rings. The Bertz CT molecular complexity index is 667. The lowest BCUT2D eigenvalue weighted by Gasteiger charge is -2.37. The molecule has 0 spiro atoms. The van der Waals surface area contributed by atoms with Gasteiger partial charge in [-0.3, -0.25) is 9.69 Å². The lowest BCUT2D eigenvalue weighted by Crippen LogP contribution is -2.56. The van der Waals surface area contributed by atoms with Gasteiger partial charge in [-0.2, -0.15) is 0 Å². The highest BCUT2D eigenvalue weighted by Gasteiger charge is 2.32. The first-order valence-corrected chi connectivity index (χ1v) is 8.45. The molecule has 1 aromatic heterocycles. The number of nitrogens with one attached hydrogen (secondary N) is 1. The van der Waals surface area contributed by atoms with Gasteiger partial charge in [0.05, 0.1) is 11.1 Å². The van der Waals surface area contributed by atoms with Gasteiger partial charge in [-0.15, -0.1) is 11.3 Å². The van der Waals surface area contributed by atoms with Crippen molar-refractivity contribution in [2.24, 2.45) is 5.92 Å². The van der Waals surface area contributed by atoms with Crippen LogP contribution < -0.4 is 5.32 Å². The maximum Gasteiger partial charge on any atom is 0.237 e. The summed E-state index contributed by atoms with van der Waals surface area (Å²) >= 11 is 8.25. The van der Waals surface area contributed by atoms with Crippen LogP contribution >= 0.6 is 22.9 Å². The number of fused-ring (bicyclic) bond motifs is 1. The molecular formula is C16H19ClN2OS. The highest BCUT2D eigenvalue weighted by molar-refractivity contribution is 7.19. The van der Waals surface area contributed by atoms with Crippen LogP contribution in [0.1, 0.15) is 18.7 Å². The molecule has 21 heavy (non-hydrogen) atoms. The number of halogens is 1. The van der Waals surface area contributed by atoms with Gasteiger partial charge in [0.25, 0.3) is 0 Å². The third-order valence-corrected chi connectivity index (χ3v) is 5.64. The van der Waals surface area contributed by atoms with Crippen molar-refractivity contribution in [2.75, 3.05) is 13.1 Å². The quantitative estimate of drug-likeness (QED) is 0.938. The fourth-order valence-corrected chi connectivity index (χ4v) is 4.50. The number of thiophene rings is 1. The van der Waals surface area contributed by atoms with Crippen LogP contribution in [-0.4, -0.2) is 29.9 Å². The Balaban J connectivity index is 1.90. The minimum atomic E-state index is -0.0694. The molecule has 0 aliphatic carbocycles. The molecule has 1 aliphatic rings. The highest BCUT2D eigenvalue weighted by atomic mass is 35.5. The number of amides is 1. The van der Waals surface area contributed by atoms with Crippen molar-refractivity contribution in [3.63, 3.8) is 0 Å². The van der Waals surface area contributed by atoms with E-state index in [4.69, 9.17) is 11.6 Å². The fourth-order valence-electron chi connectivity index (χ4n) is 2.98. The summed E-state index contributed by atoms with van der Waals surface area (Å²) in [5.41, 5.74) is 0. The molecule has 3 nitrogen and oxygen atoms in total. The van der Waals surface area contributed by atoms with E-state index in [1.54, 1.807) is 11.3 Å². The molecule has 1 fully saturated rings. The third kappa shape index (κ3) is 2.80.